The third-order valence-corrected chi connectivity index (χ3v) is 1.77. The van der Waals surface area contributed by atoms with Crippen molar-refractivity contribution in [3.8, 4) is 0 Å². The maximum Gasteiger partial charge on any atom is 0.235 e. The van der Waals surface area contributed by atoms with Gasteiger partial charge in [0.25, 0.3) is 0 Å². The summed E-state index contributed by atoms with van der Waals surface area (Å²) in [6.07, 6.45) is 3.42. The van der Waals surface area contributed by atoms with E-state index in [0.29, 0.717) is 0 Å². The second-order valence-corrected chi connectivity index (χ2v) is 2.39. The van der Waals surface area contributed by atoms with E-state index < -0.39 is 0 Å². The molecule has 2 nitrogen and oxygen atoms in total. The molecule has 1 rings (SSSR count). The van der Waals surface area contributed by atoms with E-state index in [4.69, 9.17) is 0 Å². The normalized spacial score (nSPS) is 25.2. The standard InChI is InChI=1S/C5H5NOS/c7-4-6-5-1-2-8-3-5/h1-2,5H,3H2. The number of isocyanates is 1. The van der Waals surface area contributed by atoms with E-state index in [0.717, 1.165) is 5.75 Å². The number of aliphatic imine (C=N–C) groups is 1. The zero-order valence-corrected chi connectivity index (χ0v) is 5.02. The van der Waals surface area contributed by atoms with Crippen LogP contribution in [0, 0.1) is 0 Å². The van der Waals surface area contributed by atoms with Crippen LogP contribution in [0.5, 0.6) is 0 Å². The van der Waals surface area contributed by atoms with Crippen LogP contribution in [0.4, 0.5) is 0 Å². The van der Waals surface area contributed by atoms with Gasteiger partial charge in [0.1, 0.15) is 0 Å². The molecular weight excluding hydrogens is 122 g/mol. The second kappa shape index (κ2) is 2.70. The molecule has 1 aliphatic rings. The number of hydrogen-bond donors (Lipinski definition) is 0. The number of thioether (sulfide) groups is 1. The Kier molecular flexibility index (Phi) is 1.89. The fraction of sp³-hybridized carbons (Fsp3) is 0.400. The first-order valence-corrected chi connectivity index (χ1v) is 3.33. The molecular formula is C5H5NOS. The van der Waals surface area contributed by atoms with Crippen molar-refractivity contribution < 1.29 is 4.79 Å². The van der Waals surface area contributed by atoms with Gasteiger partial charge >= 0.3 is 0 Å². The lowest BCUT2D eigenvalue weighted by Crippen LogP contribution is -1.96. The van der Waals surface area contributed by atoms with Gasteiger partial charge in [0.15, 0.2) is 0 Å². The van der Waals surface area contributed by atoms with Crippen LogP contribution in [-0.2, 0) is 4.79 Å². The molecule has 1 atom stereocenters. The van der Waals surface area contributed by atoms with E-state index in [1.807, 2.05) is 11.5 Å². The molecule has 0 aromatic carbocycles. The van der Waals surface area contributed by atoms with Crippen molar-refractivity contribution in [2.75, 3.05) is 5.75 Å². The zero-order valence-electron chi connectivity index (χ0n) is 4.20. The maximum atomic E-state index is 9.63. The van der Waals surface area contributed by atoms with E-state index in [1.54, 1.807) is 11.8 Å². The second-order valence-electron chi connectivity index (χ2n) is 1.45. The van der Waals surface area contributed by atoms with Gasteiger partial charge in [-0.05, 0) is 5.41 Å². The van der Waals surface area contributed by atoms with Gasteiger partial charge in [-0.25, -0.2) is 4.79 Å². The van der Waals surface area contributed by atoms with Gasteiger partial charge < -0.3 is 0 Å². The molecule has 0 aromatic heterocycles. The number of hydrogen-bond acceptors (Lipinski definition) is 3. The van der Waals surface area contributed by atoms with E-state index in [-0.39, 0.29) is 6.04 Å². The summed E-state index contributed by atoms with van der Waals surface area (Å²) in [5, 5.41) is 1.95. The van der Waals surface area contributed by atoms with E-state index >= 15 is 0 Å². The Morgan fingerprint density at radius 1 is 1.88 bits per heavy atom. The van der Waals surface area contributed by atoms with Gasteiger partial charge in [0, 0.05) is 5.75 Å². The largest absolute Gasteiger partial charge is 0.235 e. The highest BCUT2D eigenvalue weighted by Crippen LogP contribution is 2.15. The average molecular weight is 127 g/mol. The molecule has 1 unspecified atom stereocenters. The van der Waals surface area contributed by atoms with Gasteiger partial charge in [0.2, 0.25) is 6.08 Å². The molecule has 1 aliphatic heterocycles. The first kappa shape index (κ1) is 5.60. The molecule has 3 heteroatoms. The van der Waals surface area contributed by atoms with Crippen LogP contribution in [0.3, 0.4) is 0 Å². The van der Waals surface area contributed by atoms with Crippen molar-refractivity contribution in [3.63, 3.8) is 0 Å². The van der Waals surface area contributed by atoms with Crippen molar-refractivity contribution >= 4 is 17.8 Å². The molecule has 0 amide bonds. The van der Waals surface area contributed by atoms with Crippen LogP contribution in [-0.4, -0.2) is 17.9 Å². The van der Waals surface area contributed by atoms with Crippen LogP contribution in [0.2, 0.25) is 0 Å². The third-order valence-electron chi connectivity index (χ3n) is 0.882. The fourth-order valence-electron chi connectivity index (χ4n) is 0.504. The molecule has 1 heterocycles. The molecule has 0 aromatic rings. The summed E-state index contributed by atoms with van der Waals surface area (Å²) in [6, 6.07) is 0.0949. The minimum absolute atomic E-state index is 0.0949. The predicted octanol–water partition coefficient (Wildman–Crippen LogP) is 0.951. The minimum atomic E-state index is 0.0949. The fourth-order valence-corrected chi connectivity index (χ4v) is 1.29. The highest BCUT2D eigenvalue weighted by molar-refractivity contribution is 8.02. The van der Waals surface area contributed by atoms with Crippen LogP contribution < -0.4 is 0 Å². The Hall–Kier alpha value is -0.530. The summed E-state index contributed by atoms with van der Waals surface area (Å²) < 4.78 is 0. The number of nitrogens with zero attached hydrogens (tertiary/aromatic N) is 1. The molecule has 0 spiro atoms. The van der Waals surface area contributed by atoms with Crippen molar-refractivity contribution in [1.29, 1.82) is 0 Å². The summed E-state index contributed by atoms with van der Waals surface area (Å²) in [6.45, 7) is 0. The first-order chi connectivity index (χ1) is 3.93. The molecule has 0 fully saturated rings. The average Bonchev–Trinajstić information content (AvgIpc) is 2.19. The van der Waals surface area contributed by atoms with Crippen LogP contribution in [0.1, 0.15) is 0 Å². The molecule has 0 aliphatic carbocycles. The van der Waals surface area contributed by atoms with E-state index in [9.17, 15) is 4.79 Å². The SMILES string of the molecule is O=C=NC1C=CSC1. The molecule has 0 saturated carbocycles. The quantitative estimate of drug-likeness (QED) is 0.387. The van der Waals surface area contributed by atoms with Crippen LogP contribution in [0.15, 0.2) is 16.5 Å². The Morgan fingerprint density at radius 2 is 2.75 bits per heavy atom. The summed E-state index contributed by atoms with van der Waals surface area (Å²) >= 11 is 1.67. The Bertz CT molecular complexity index is 149. The minimum Gasteiger partial charge on any atom is -0.211 e. The molecule has 0 radical (unpaired) electrons. The van der Waals surface area contributed by atoms with Crippen molar-refractivity contribution in [3.05, 3.63) is 11.5 Å². The molecule has 0 N–H and O–H groups in total. The highest BCUT2D eigenvalue weighted by Gasteiger charge is 2.05. The molecule has 8 heavy (non-hydrogen) atoms. The van der Waals surface area contributed by atoms with Crippen molar-refractivity contribution in [1.82, 2.24) is 0 Å². The third kappa shape index (κ3) is 1.22. The molecule has 0 bridgehead atoms. The smallest absolute Gasteiger partial charge is 0.211 e. The predicted molar refractivity (Wildman–Crippen MR) is 33.5 cm³/mol. The van der Waals surface area contributed by atoms with Crippen molar-refractivity contribution in [2.45, 2.75) is 6.04 Å². The van der Waals surface area contributed by atoms with Crippen molar-refractivity contribution in [2.24, 2.45) is 4.99 Å². The van der Waals surface area contributed by atoms with Crippen LogP contribution in [0.25, 0.3) is 0 Å². The summed E-state index contributed by atoms with van der Waals surface area (Å²) in [5.74, 6) is 0.898. The van der Waals surface area contributed by atoms with Gasteiger partial charge in [-0.2, -0.15) is 4.99 Å². The molecule has 0 saturated heterocycles. The van der Waals surface area contributed by atoms with Gasteiger partial charge in [-0.15, -0.1) is 11.8 Å². The summed E-state index contributed by atoms with van der Waals surface area (Å²) in [5.41, 5.74) is 0. The zero-order chi connectivity index (χ0) is 5.82. The van der Waals surface area contributed by atoms with Crippen LogP contribution >= 0.6 is 11.8 Å². The highest BCUT2D eigenvalue weighted by atomic mass is 32.2. The topological polar surface area (TPSA) is 29.4 Å². The Balaban J connectivity index is 2.48. The summed E-state index contributed by atoms with van der Waals surface area (Å²) in [4.78, 5) is 13.1. The Labute approximate surface area is 51.7 Å². The lowest BCUT2D eigenvalue weighted by Gasteiger charge is -1.89. The summed E-state index contributed by atoms with van der Waals surface area (Å²) in [7, 11) is 0. The number of carbonyl (C=O) groups excluding carboxylic acids is 1. The van der Waals surface area contributed by atoms with E-state index in [2.05, 4.69) is 4.99 Å². The van der Waals surface area contributed by atoms with Gasteiger partial charge in [-0.3, -0.25) is 0 Å². The number of rotatable bonds is 1. The Morgan fingerprint density at radius 3 is 3.25 bits per heavy atom. The first-order valence-electron chi connectivity index (χ1n) is 2.29. The van der Waals surface area contributed by atoms with E-state index in [1.165, 1.54) is 6.08 Å². The lowest BCUT2D eigenvalue weighted by molar-refractivity contribution is 0.562. The molecule has 42 valence electrons. The van der Waals surface area contributed by atoms with Gasteiger partial charge in [0.05, 0.1) is 6.04 Å². The monoisotopic (exact) mass is 127 g/mol. The lowest BCUT2D eigenvalue weighted by atomic mass is 10.4. The van der Waals surface area contributed by atoms with Gasteiger partial charge in [-0.1, -0.05) is 6.08 Å². The maximum absolute atomic E-state index is 9.63.